The number of anilines is 1. The van der Waals surface area contributed by atoms with Gasteiger partial charge in [0.25, 0.3) is 0 Å². The summed E-state index contributed by atoms with van der Waals surface area (Å²) in [5.41, 5.74) is 9.33. The average molecular weight is 259 g/mol. The molecule has 0 aromatic heterocycles. The molecule has 6 nitrogen and oxygen atoms in total. The molecule has 19 heavy (non-hydrogen) atoms. The summed E-state index contributed by atoms with van der Waals surface area (Å²) in [5, 5.41) is 6.81. The Kier molecular flexibility index (Phi) is 4.64. The van der Waals surface area contributed by atoms with E-state index in [0.717, 1.165) is 12.2 Å². The maximum atomic E-state index is 11.8. The second-order valence-electron chi connectivity index (χ2n) is 4.62. The van der Waals surface area contributed by atoms with Gasteiger partial charge in [-0.3, -0.25) is 4.79 Å². The molecule has 1 aromatic carbocycles. The first-order valence-electron chi connectivity index (χ1n) is 6.37. The zero-order valence-electron chi connectivity index (χ0n) is 10.7. The number of carbonyl (C=O) groups excluding carboxylic acids is 1. The Morgan fingerprint density at radius 3 is 2.95 bits per heavy atom. The molecular formula is C13H17N5O. The lowest BCUT2D eigenvalue weighted by atomic mass is 10.1. The number of carbonyl (C=O) groups is 1. The van der Waals surface area contributed by atoms with Gasteiger partial charge in [-0.15, -0.1) is 0 Å². The summed E-state index contributed by atoms with van der Waals surface area (Å²) in [7, 11) is 0. The molecule has 1 fully saturated rings. The van der Waals surface area contributed by atoms with Crippen LogP contribution in [0.3, 0.4) is 0 Å². The molecular weight excluding hydrogens is 242 g/mol. The number of likely N-dealkylation sites (tertiary alicyclic amines) is 1. The Balaban J connectivity index is 1.74. The monoisotopic (exact) mass is 259 g/mol. The van der Waals surface area contributed by atoms with Gasteiger partial charge >= 0.3 is 0 Å². The number of benzene rings is 1. The second-order valence-corrected chi connectivity index (χ2v) is 4.62. The van der Waals surface area contributed by atoms with Crippen molar-refractivity contribution >= 4 is 11.6 Å². The van der Waals surface area contributed by atoms with Crippen molar-refractivity contribution in [3.63, 3.8) is 0 Å². The molecule has 2 rings (SSSR count). The topological polar surface area (TPSA) is 81.1 Å². The van der Waals surface area contributed by atoms with Gasteiger partial charge in [-0.25, -0.2) is 0 Å². The van der Waals surface area contributed by atoms with Gasteiger partial charge in [-0.2, -0.15) is 0 Å². The maximum Gasteiger partial charge on any atom is 0.222 e. The van der Waals surface area contributed by atoms with E-state index in [0.29, 0.717) is 26.1 Å². The van der Waals surface area contributed by atoms with Crippen LogP contribution in [0, 0.1) is 5.92 Å². The molecule has 1 aliphatic rings. The standard InChI is InChI=1S/C13H17N5O/c14-17-16-9-11-8-13(19)18(10-11)7-6-15-12-4-2-1-3-5-12/h1-5,11,15H,6-10H2. The van der Waals surface area contributed by atoms with Crippen LogP contribution in [-0.4, -0.2) is 37.0 Å². The zero-order chi connectivity index (χ0) is 13.5. The van der Waals surface area contributed by atoms with Crippen molar-refractivity contribution in [3.8, 4) is 0 Å². The first-order chi connectivity index (χ1) is 9.29. The van der Waals surface area contributed by atoms with E-state index in [9.17, 15) is 4.79 Å². The van der Waals surface area contributed by atoms with E-state index in [4.69, 9.17) is 5.53 Å². The molecule has 1 aliphatic heterocycles. The fraction of sp³-hybridized carbons (Fsp3) is 0.462. The Bertz CT molecular complexity index is 469. The van der Waals surface area contributed by atoms with Gasteiger partial charge in [0.2, 0.25) is 5.91 Å². The van der Waals surface area contributed by atoms with E-state index in [1.165, 1.54) is 0 Å². The van der Waals surface area contributed by atoms with Crippen LogP contribution >= 0.6 is 0 Å². The van der Waals surface area contributed by atoms with E-state index in [1.807, 2.05) is 35.2 Å². The van der Waals surface area contributed by atoms with Gasteiger partial charge in [0.1, 0.15) is 0 Å². The van der Waals surface area contributed by atoms with Crippen LogP contribution in [0.4, 0.5) is 5.69 Å². The molecule has 0 aliphatic carbocycles. The highest BCUT2D eigenvalue weighted by atomic mass is 16.2. The minimum Gasteiger partial charge on any atom is -0.383 e. The van der Waals surface area contributed by atoms with Gasteiger partial charge in [-0.05, 0) is 23.6 Å². The van der Waals surface area contributed by atoms with Crippen LogP contribution in [0.1, 0.15) is 6.42 Å². The molecule has 0 bridgehead atoms. The highest BCUT2D eigenvalue weighted by molar-refractivity contribution is 5.78. The van der Waals surface area contributed by atoms with Gasteiger partial charge in [0.05, 0.1) is 0 Å². The Morgan fingerprint density at radius 1 is 1.42 bits per heavy atom. The van der Waals surface area contributed by atoms with E-state index >= 15 is 0 Å². The van der Waals surface area contributed by atoms with Crippen LogP contribution < -0.4 is 5.32 Å². The summed E-state index contributed by atoms with van der Waals surface area (Å²) in [6.45, 7) is 2.50. The Labute approximate surface area is 112 Å². The number of nitrogens with zero attached hydrogens (tertiary/aromatic N) is 4. The first-order valence-corrected chi connectivity index (χ1v) is 6.37. The van der Waals surface area contributed by atoms with E-state index in [1.54, 1.807) is 0 Å². The summed E-state index contributed by atoms with van der Waals surface area (Å²) in [5.74, 6) is 0.313. The molecule has 6 heteroatoms. The van der Waals surface area contributed by atoms with Crippen molar-refractivity contribution in [1.29, 1.82) is 0 Å². The molecule has 1 unspecified atom stereocenters. The Morgan fingerprint density at radius 2 is 2.21 bits per heavy atom. The fourth-order valence-corrected chi connectivity index (χ4v) is 2.24. The summed E-state index contributed by atoms with van der Waals surface area (Å²) in [4.78, 5) is 16.3. The van der Waals surface area contributed by atoms with Crippen molar-refractivity contribution < 1.29 is 4.79 Å². The van der Waals surface area contributed by atoms with Crippen LogP contribution in [0.5, 0.6) is 0 Å². The third-order valence-corrected chi connectivity index (χ3v) is 3.18. The molecule has 1 N–H and O–H groups in total. The molecule has 0 radical (unpaired) electrons. The van der Waals surface area contributed by atoms with Crippen molar-refractivity contribution in [2.45, 2.75) is 6.42 Å². The predicted molar refractivity (Wildman–Crippen MR) is 73.6 cm³/mol. The number of rotatable bonds is 6. The van der Waals surface area contributed by atoms with Crippen LogP contribution in [0.25, 0.3) is 10.4 Å². The van der Waals surface area contributed by atoms with Crippen molar-refractivity contribution in [1.82, 2.24) is 4.90 Å². The molecule has 0 spiro atoms. The van der Waals surface area contributed by atoms with Crippen molar-refractivity contribution in [2.24, 2.45) is 11.0 Å². The summed E-state index contributed by atoms with van der Waals surface area (Å²) < 4.78 is 0. The predicted octanol–water partition coefficient (Wildman–Crippen LogP) is 2.26. The number of azide groups is 1. The number of amides is 1. The summed E-state index contributed by atoms with van der Waals surface area (Å²) in [6.07, 6.45) is 0.490. The van der Waals surface area contributed by atoms with Crippen LogP contribution in [0.15, 0.2) is 35.4 Å². The zero-order valence-corrected chi connectivity index (χ0v) is 10.7. The number of para-hydroxylation sites is 1. The third-order valence-electron chi connectivity index (χ3n) is 3.18. The highest BCUT2D eigenvalue weighted by Crippen LogP contribution is 2.17. The fourth-order valence-electron chi connectivity index (χ4n) is 2.24. The smallest absolute Gasteiger partial charge is 0.222 e. The normalized spacial score (nSPS) is 18.2. The van der Waals surface area contributed by atoms with E-state index < -0.39 is 0 Å². The van der Waals surface area contributed by atoms with Crippen molar-refractivity contribution in [2.75, 3.05) is 31.5 Å². The second kappa shape index (κ2) is 6.66. The molecule has 1 heterocycles. The SMILES string of the molecule is [N-]=[N+]=NCC1CC(=O)N(CCNc2ccccc2)C1. The lowest BCUT2D eigenvalue weighted by Gasteiger charge is -2.17. The lowest BCUT2D eigenvalue weighted by Crippen LogP contribution is -2.30. The first kappa shape index (κ1) is 13.2. The molecule has 1 amide bonds. The quantitative estimate of drug-likeness (QED) is 0.483. The molecule has 1 saturated heterocycles. The molecule has 100 valence electrons. The van der Waals surface area contributed by atoms with Crippen molar-refractivity contribution in [3.05, 3.63) is 40.8 Å². The highest BCUT2D eigenvalue weighted by Gasteiger charge is 2.28. The summed E-state index contributed by atoms with van der Waals surface area (Å²) >= 11 is 0. The van der Waals surface area contributed by atoms with Crippen LogP contribution in [-0.2, 0) is 4.79 Å². The third kappa shape index (κ3) is 3.89. The number of hydrogen-bond donors (Lipinski definition) is 1. The van der Waals surface area contributed by atoms with E-state index in [-0.39, 0.29) is 11.8 Å². The van der Waals surface area contributed by atoms with Gasteiger partial charge < -0.3 is 10.2 Å². The minimum atomic E-state index is 0.146. The van der Waals surface area contributed by atoms with Gasteiger partial charge in [0, 0.05) is 43.2 Å². The molecule has 1 aromatic rings. The van der Waals surface area contributed by atoms with Crippen LogP contribution in [0.2, 0.25) is 0 Å². The number of hydrogen-bond acceptors (Lipinski definition) is 3. The lowest BCUT2D eigenvalue weighted by molar-refractivity contribution is -0.127. The molecule has 0 saturated carbocycles. The average Bonchev–Trinajstić information content (AvgIpc) is 2.78. The van der Waals surface area contributed by atoms with Gasteiger partial charge in [-0.1, -0.05) is 23.3 Å². The largest absolute Gasteiger partial charge is 0.383 e. The maximum absolute atomic E-state index is 11.8. The van der Waals surface area contributed by atoms with E-state index in [2.05, 4.69) is 15.3 Å². The minimum absolute atomic E-state index is 0.146. The number of nitrogens with one attached hydrogen (secondary N) is 1. The van der Waals surface area contributed by atoms with Gasteiger partial charge in [0.15, 0.2) is 0 Å². The Hall–Kier alpha value is -2.20. The summed E-state index contributed by atoms with van der Waals surface area (Å²) in [6, 6.07) is 9.90. The molecule has 1 atom stereocenters.